The lowest BCUT2D eigenvalue weighted by Gasteiger charge is -2.39. The Balaban J connectivity index is 1.88. The lowest BCUT2D eigenvalue weighted by atomic mass is 9.78. The second-order valence-corrected chi connectivity index (χ2v) is 6.56. The van der Waals surface area contributed by atoms with Crippen LogP contribution in [0.2, 0.25) is 0 Å². The molecule has 2 fully saturated rings. The molecule has 4 nitrogen and oxygen atoms in total. The van der Waals surface area contributed by atoms with E-state index in [1.807, 2.05) is 6.92 Å². The topological polar surface area (TPSA) is 49.8 Å². The molecule has 0 spiro atoms. The Labute approximate surface area is 122 Å². The lowest BCUT2D eigenvalue weighted by molar-refractivity contribution is -0.129. The molecular formula is C16H29NO3. The second-order valence-electron chi connectivity index (χ2n) is 6.56. The molecule has 1 N–H and O–H groups in total. The van der Waals surface area contributed by atoms with Gasteiger partial charge in [0, 0.05) is 32.0 Å². The fourth-order valence-electron chi connectivity index (χ4n) is 3.75. The fourth-order valence-corrected chi connectivity index (χ4v) is 3.75. The van der Waals surface area contributed by atoms with Crippen molar-refractivity contribution in [2.45, 2.75) is 58.2 Å². The predicted molar refractivity (Wildman–Crippen MR) is 78.6 cm³/mol. The van der Waals surface area contributed by atoms with Gasteiger partial charge in [-0.25, -0.2) is 0 Å². The number of nitrogens with zero attached hydrogens (tertiary/aromatic N) is 1. The van der Waals surface area contributed by atoms with E-state index in [-0.39, 0.29) is 24.7 Å². The number of carbonyl (C=O) groups excluding carboxylic acids is 1. The van der Waals surface area contributed by atoms with Gasteiger partial charge in [0.1, 0.15) is 5.78 Å². The number of hydrogen-bond donors (Lipinski definition) is 1. The summed E-state index contributed by atoms with van der Waals surface area (Å²) in [6.07, 6.45) is 5.42. The first-order valence-corrected chi connectivity index (χ1v) is 8.13. The van der Waals surface area contributed by atoms with Gasteiger partial charge in [-0.1, -0.05) is 19.8 Å². The first-order chi connectivity index (χ1) is 9.62. The molecule has 0 radical (unpaired) electrons. The van der Waals surface area contributed by atoms with Crippen LogP contribution in [0.5, 0.6) is 0 Å². The minimum absolute atomic E-state index is 0.0674. The van der Waals surface area contributed by atoms with Gasteiger partial charge in [-0.3, -0.25) is 9.69 Å². The van der Waals surface area contributed by atoms with Crippen LogP contribution in [0.1, 0.15) is 46.0 Å². The standard InChI is InChI=1S/C16H29NO3/c1-3-4-13-5-6-16(19)14(7-13)9-17-8-12(2)20-15(10-17)11-18/h12-15,18H,3-11H2,1-2H3. The lowest BCUT2D eigenvalue weighted by Crippen LogP contribution is -2.50. The van der Waals surface area contributed by atoms with Crippen molar-refractivity contribution in [3.05, 3.63) is 0 Å². The highest BCUT2D eigenvalue weighted by Gasteiger charge is 2.32. The summed E-state index contributed by atoms with van der Waals surface area (Å²) >= 11 is 0. The van der Waals surface area contributed by atoms with Crippen LogP contribution < -0.4 is 0 Å². The average Bonchev–Trinajstić information content (AvgIpc) is 2.42. The number of ether oxygens (including phenoxy) is 1. The Morgan fingerprint density at radius 2 is 2.20 bits per heavy atom. The molecule has 4 heteroatoms. The maximum absolute atomic E-state index is 12.1. The van der Waals surface area contributed by atoms with E-state index in [1.54, 1.807) is 0 Å². The van der Waals surface area contributed by atoms with Gasteiger partial charge >= 0.3 is 0 Å². The normalized spacial score (nSPS) is 36.2. The molecule has 1 heterocycles. The maximum atomic E-state index is 12.1. The monoisotopic (exact) mass is 283 g/mol. The van der Waals surface area contributed by atoms with Crippen molar-refractivity contribution in [1.29, 1.82) is 0 Å². The minimum atomic E-state index is -0.0936. The molecule has 2 rings (SSSR count). The molecule has 1 aliphatic carbocycles. The highest BCUT2D eigenvalue weighted by Crippen LogP contribution is 2.30. The van der Waals surface area contributed by atoms with E-state index in [9.17, 15) is 9.90 Å². The van der Waals surface area contributed by atoms with Crippen LogP contribution >= 0.6 is 0 Å². The van der Waals surface area contributed by atoms with Crippen LogP contribution in [0.3, 0.4) is 0 Å². The summed E-state index contributed by atoms with van der Waals surface area (Å²) in [4.78, 5) is 14.5. The van der Waals surface area contributed by atoms with Crippen molar-refractivity contribution in [1.82, 2.24) is 4.90 Å². The zero-order valence-electron chi connectivity index (χ0n) is 12.9. The van der Waals surface area contributed by atoms with Crippen molar-refractivity contribution in [2.24, 2.45) is 11.8 Å². The smallest absolute Gasteiger partial charge is 0.137 e. The molecule has 0 aromatic heterocycles. The predicted octanol–water partition coefficient (Wildman–Crippen LogP) is 1.85. The molecule has 4 unspecified atom stereocenters. The van der Waals surface area contributed by atoms with E-state index in [0.29, 0.717) is 5.78 Å². The molecule has 1 saturated carbocycles. The quantitative estimate of drug-likeness (QED) is 0.836. The van der Waals surface area contributed by atoms with Crippen LogP contribution in [0, 0.1) is 11.8 Å². The molecule has 0 bridgehead atoms. The largest absolute Gasteiger partial charge is 0.394 e. The van der Waals surface area contributed by atoms with E-state index in [4.69, 9.17) is 4.74 Å². The molecular weight excluding hydrogens is 254 g/mol. The SMILES string of the molecule is CCCC1CCC(=O)C(CN2CC(C)OC(CO)C2)C1. The van der Waals surface area contributed by atoms with Crippen LogP contribution in [0.25, 0.3) is 0 Å². The number of ketones is 1. The third-order valence-corrected chi connectivity index (χ3v) is 4.65. The van der Waals surface area contributed by atoms with Gasteiger partial charge in [-0.15, -0.1) is 0 Å². The minimum Gasteiger partial charge on any atom is -0.394 e. The van der Waals surface area contributed by atoms with Gasteiger partial charge in [0.05, 0.1) is 18.8 Å². The molecule has 0 aromatic carbocycles. The van der Waals surface area contributed by atoms with E-state index >= 15 is 0 Å². The third-order valence-electron chi connectivity index (χ3n) is 4.65. The highest BCUT2D eigenvalue weighted by molar-refractivity contribution is 5.81. The van der Waals surface area contributed by atoms with Crippen LogP contribution in [0.15, 0.2) is 0 Å². The van der Waals surface area contributed by atoms with Gasteiger partial charge in [-0.05, 0) is 25.7 Å². The Morgan fingerprint density at radius 1 is 1.40 bits per heavy atom. The fraction of sp³-hybridized carbons (Fsp3) is 0.938. The summed E-state index contributed by atoms with van der Waals surface area (Å²) in [5, 5.41) is 9.28. The number of aliphatic hydroxyl groups excluding tert-OH is 1. The number of rotatable bonds is 5. The second kappa shape index (κ2) is 7.53. The third kappa shape index (κ3) is 4.27. The molecule has 20 heavy (non-hydrogen) atoms. The number of hydrogen-bond acceptors (Lipinski definition) is 4. The Hall–Kier alpha value is -0.450. The summed E-state index contributed by atoms with van der Waals surface area (Å²) in [6.45, 7) is 6.81. The number of Topliss-reactive ketones (excluding diaryl/α,β-unsaturated/α-hetero) is 1. The van der Waals surface area contributed by atoms with Crippen LogP contribution in [-0.2, 0) is 9.53 Å². The van der Waals surface area contributed by atoms with Gasteiger partial charge in [0.25, 0.3) is 0 Å². The van der Waals surface area contributed by atoms with Crippen LogP contribution in [0.4, 0.5) is 0 Å². The van der Waals surface area contributed by atoms with Gasteiger partial charge in [0.2, 0.25) is 0 Å². The summed E-state index contributed by atoms with van der Waals surface area (Å²) in [5.74, 6) is 1.37. The van der Waals surface area contributed by atoms with Crippen LogP contribution in [-0.4, -0.2) is 54.2 Å². The van der Waals surface area contributed by atoms with Crippen molar-refractivity contribution < 1.29 is 14.6 Å². The summed E-state index contributed by atoms with van der Waals surface area (Å²) in [7, 11) is 0. The summed E-state index contributed by atoms with van der Waals surface area (Å²) in [5.41, 5.74) is 0. The maximum Gasteiger partial charge on any atom is 0.137 e. The number of carbonyl (C=O) groups is 1. The van der Waals surface area contributed by atoms with E-state index in [2.05, 4.69) is 11.8 Å². The van der Waals surface area contributed by atoms with Gasteiger partial charge in [0.15, 0.2) is 0 Å². The molecule has 1 aliphatic heterocycles. The molecule has 4 atom stereocenters. The first kappa shape index (κ1) is 15.9. The highest BCUT2D eigenvalue weighted by atomic mass is 16.5. The zero-order valence-corrected chi connectivity index (χ0v) is 12.9. The van der Waals surface area contributed by atoms with Gasteiger partial charge < -0.3 is 9.84 Å². The van der Waals surface area contributed by atoms with Crippen molar-refractivity contribution in [3.8, 4) is 0 Å². The van der Waals surface area contributed by atoms with E-state index in [1.165, 1.54) is 12.8 Å². The Bertz CT molecular complexity index is 321. The van der Waals surface area contributed by atoms with Crippen molar-refractivity contribution in [2.75, 3.05) is 26.2 Å². The van der Waals surface area contributed by atoms with E-state index < -0.39 is 0 Å². The number of aliphatic hydroxyl groups is 1. The molecule has 116 valence electrons. The van der Waals surface area contributed by atoms with E-state index in [0.717, 1.165) is 44.8 Å². The average molecular weight is 283 g/mol. The number of morpholine rings is 1. The summed E-state index contributed by atoms with van der Waals surface area (Å²) < 4.78 is 5.66. The Kier molecular flexibility index (Phi) is 6.00. The Morgan fingerprint density at radius 3 is 2.90 bits per heavy atom. The zero-order chi connectivity index (χ0) is 14.5. The van der Waals surface area contributed by atoms with Gasteiger partial charge in [-0.2, -0.15) is 0 Å². The molecule has 1 saturated heterocycles. The molecule has 0 aromatic rings. The van der Waals surface area contributed by atoms with Crippen molar-refractivity contribution in [3.63, 3.8) is 0 Å². The van der Waals surface area contributed by atoms with Crippen molar-refractivity contribution >= 4 is 5.78 Å². The summed E-state index contributed by atoms with van der Waals surface area (Å²) in [6, 6.07) is 0. The molecule has 0 amide bonds. The first-order valence-electron chi connectivity index (χ1n) is 8.13. The molecule has 2 aliphatic rings.